The Bertz CT molecular complexity index is 253. The van der Waals surface area contributed by atoms with Crippen LogP contribution in [-0.2, 0) is 9.47 Å². The van der Waals surface area contributed by atoms with Crippen molar-refractivity contribution in [1.82, 2.24) is 5.32 Å². The quantitative estimate of drug-likeness (QED) is 0.751. The third-order valence-electron chi connectivity index (χ3n) is 2.90. The van der Waals surface area contributed by atoms with Crippen molar-refractivity contribution in [2.24, 2.45) is 5.92 Å². The van der Waals surface area contributed by atoms with Crippen LogP contribution in [0, 0.1) is 5.92 Å². The van der Waals surface area contributed by atoms with Crippen LogP contribution < -0.4 is 5.32 Å². The van der Waals surface area contributed by atoms with Gasteiger partial charge in [-0.3, -0.25) is 0 Å². The first-order valence-corrected chi connectivity index (χ1v) is 5.55. The Morgan fingerprint density at radius 1 is 1.33 bits per heavy atom. The molecule has 0 aromatic rings. The molecule has 18 heavy (non-hydrogen) atoms. The summed E-state index contributed by atoms with van der Waals surface area (Å²) < 4.78 is 70.4. The van der Waals surface area contributed by atoms with Gasteiger partial charge in [0.1, 0.15) is 6.61 Å². The maximum Gasteiger partial charge on any atom is 0.455 e. The normalized spacial score (nSPS) is 23.3. The third-order valence-corrected chi connectivity index (χ3v) is 2.90. The molecule has 0 bridgehead atoms. The fraction of sp³-hybridized carbons (Fsp3) is 1.00. The topological polar surface area (TPSA) is 30.5 Å². The van der Waals surface area contributed by atoms with Crippen LogP contribution in [0.4, 0.5) is 22.0 Å². The van der Waals surface area contributed by atoms with Crippen LogP contribution in [0.2, 0.25) is 0 Å². The lowest BCUT2D eigenvalue weighted by atomic mass is 10.00. The largest absolute Gasteiger partial charge is 0.455 e. The van der Waals surface area contributed by atoms with Gasteiger partial charge in [0.25, 0.3) is 0 Å². The number of nitrogens with one attached hydrogen (secondary N) is 1. The summed E-state index contributed by atoms with van der Waals surface area (Å²) >= 11 is 0. The second-order valence-electron chi connectivity index (χ2n) is 4.24. The molecule has 1 fully saturated rings. The Kier molecular flexibility index (Phi) is 5.30. The Hall–Kier alpha value is -0.470. The molecular formula is C10H16F5NO2. The van der Waals surface area contributed by atoms with E-state index in [9.17, 15) is 22.0 Å². The molecule has 2 atom stereocenters. The molecule has 0 aliphatic carbocycles. The van der Waals surface area contributed by atoms with E-state index in [1.165, 1.54) is 0 Å². The molecule has 1 aliphatic heterocycles. The molecule has 2 unspecified atom stereocenters. The minimum atomic E-state index is -5.57. The van der Waals surface area contributed by atoms with Crippen molar-refractivity contribution in [2.45, 2.75) is 24.6 Å². The van der Waals surface area contributed by atoms with E-state index in [0.29, 0.717) is 13.2 Å². The number of halogens is 5. The van der Waals surface area contributed by atoms with Crippen molar-refractivity contribution < 1.29 is 31.4 Å². The zero-order valence-electron chi connectivity index (χ0n) is 9.90. The summed E-state index contributed by atoms with van der Waals surface area (Å²) in [7, 11) is 1.61. The number of hydrogen-bond acceptors (Lipinski definition) is 3. The number of alkyl halides is 5. The third kappa shape index (κ3) is 4.03. The van der Waals surface area contributed by atoms with E-state index >= 15 is 0 Å². The summed E-state index contributed by atoms with van der Waals surface area (Å²) in [6.45, 7) is -0.815. The van der Waals surface area contributed by atoms with Crippen LogP contribution in [-0.4, -0.2) is 51.6 Å². The SMILES string of the molecule is CNC(COCC(F)(F)C(F)(F)F)C1CCOC1. The summed E-state index contributed by atoms with van der Waals surface area (Å²) in [4.78, 5) is 0. The van der Waals surface area contributed by atoms with E-state index in [1.807, 2.05) is 0 Å². The van der Waals surface area contributed by atoms with Crippen molar-refractivity contribution >= 4 is 0 Å². The van der Waals surface area contributed by atoms with Crippen LogP contribution in [0.25, 0.3) is 0 Å². The number of rotatable bonds is 6. The highest BCUT2D eigenvalue weighted by atomic mass is 19.4. The molecule has 3 nitrogen and oxygen atoms in total. The average Bonchev–Trinajstić information content (AvgIpc) is 2.76. The van der Waals surface area contributed by atoms with Gasteiger partial charge in [-0.25, -0.2) is 0 Å². The van der Waals surface area contributed by atoms with Crippen LogP contribution in [0.3, 0.4) is 0 Å². The van der Waals surface area contributed by atoms with Gasteiger partial charge >= 0.3 is 12.1 Å². The monoisotopic (exact) mass is 277 g/mol. The zero-order chi connectivity index (χ0) is 13.8. The van der Waals surface area contributed by atoms with Gasteiger partial charge in [-0.15, -0.1) is 0 Å². The van der Waals surface area contributed by atoms with Gasteiger partial charge < -0.3 is 14.8 Å². The van der Waals surface area contributed by atoms with Crippen molar-refractivity contribution in [2.75, 3.05) is 33.5 Å². The average molecular weight is 277 g/mol. The molecule has 0 radical (unpaired) electrons. The molecule has 1 aliphatic rings. The molecule has 0 aromatic carbocycles. The lowest BCUT2D eigenvalue weighted by Gasteiger charge is -2.24. The minimum Gasteiger partial charge on any atom is -0.381 e. The van der Waals surface area contributed by atoms with Crippen LogP contribution in [0.5, 0.6) is 0 Å². The lowest BCUT2D eigenvalue weighted by molar-refractivity contribution is -0.297. The molecule has 8 heteroatoms. The van der Waals surface area contributed by atoms with Gasteiger partial charge in [0.2, 0.25) is 0 Å². The van der Waals surface area contributed by atoms with Crippen molar-refractivity contribution in [1.29, 1.82) is 0 Å². The highest BCUT2D eigenvalue weighted by Crippen LogP contribution is 2.35. The molecule has 0 saturated carbocycles. The minimum absolute atomic E-state index is 0.0782. The van der Waals surface area contributed by atoms with Gasteiger partial charge in [0.05, 0.1) is 13.2 Å². The standard InChI is InChI=1S/C10H16F5NO2/c1-16-8(7-2-3-17-4-7)5-18-6-9(11,12)10(13,14)15/h7-8,16H,2-6H2,1H3. The van der Waals surface area contributed by atoms with Crippen molar-refractivity contribution in [3.63, 3.8) is 0 Å². The predicted octanol–water partition coefficient (Wildman–Crippen LogP) is 1.83. The fourth-order valence-corrected chi connectivity index (χ4v) is 1.72. The second kappa shape index (κ2) is 6.12. The number of likely N-dealkylation sites (N-methyl/N-ethyl adjacent to an activating group) is 1. The summed E-state index contributed by atoms with van der Waals surface area (Å²) in [5.74, 6) is -4.73. The summed E-state index contributed by atoms with van der Waals surface area (Å²) in [5.41, 5.74) is 0. The van der Waals surface area contributed by atoms with Crippen molar-refractivity contribution in [3.05, 3.63) is 0 Å². The van der Waals surface area contributed by atoms with Gasteiger partial charge in [0.15, 0.2) is 0 Å². The van der Waals surface area contributed by atoms with Gasteiger partial charge in [-0.1, -0.05) is 0 Å². The first kappa shape index (κ1) is 15.6. The van der Waals surface area contributed by atoms with E-state index in [2.05, 4.69) is 10.1 Å². The Morgan fingerprint density at radius 3 is 2.44 bits per heavy atom. The molecule has 1 saturated heterocycles. The highest BCUT2D eigenvalue weighted by molar-refractivity contribution is 4.79. The Morgan fingerprint density at radius 2 is 2.00 bits per heavy atom. The summed E-state index contributed by atoms with van der Waals surface area (Å²) in [6.07, 6.45) is -4.83. The maximum absolute atomic E-state index is 12.6. The molecule has 108 valence electrons. The predicted molar refractivity (Wildman–Crippen MR) is 53.6 cm³/mol. The second-order valence-corrected chi connectivity index (χ2v) is 4.24. The van der Waals surface area contributed by atoms with Crippen LogP contribution in [0.1, 0.15) is 6.42 Å². The number of ether oxygens (including phenoxy) is 2. The van der Waals surface area contributed by atoms with E-state index in [1.54, 1.807) is 7.05 Å². The Labute approximate surface area is 102 Å². The zero-order valence-corrected chi connectivity index (χ0v) is 9.90. The highest BCUT2D eigenvalue weighted by Gasteiger charge is 2.57. The van der Waals surface area contributed by atoms with Gasteiger partial charge in [-0.05, 0) is 13.5 Å². The maximum atomic E-state index is 12.6. The molecule has 1 rings (SSSR count). The van der Waals surface area contributed by atoms with E-state index < -0.39 is 18.7 Å². The van der Waals surface area contributed by atoms with Gasteiger partial charge in [-0.2, -0.15) is 22.0 Å². The first-order chi connectivity index (χ1) is 8.28. The van der Waals surface area contributed by atoms with Crippen LogP contribution >= 0.6 is 0 Å². The van der Waals surface area contributed by atoms with E-state index in [-0.39, 0.29) is 18.6 Å². The van der Waals surface area contributed by atoms with E-state index in [4.69, 9.17) is 4.74 Å². The van der Waals surface area contributed by atoms with E-state index in [0.717, 1.165) is 6.42 Å². The summed E-state index contributed by atoms with van der Waals surface area (Å²) in [5, 5.41) is 2.84. The van der Waals surface area contributed by atoms with Gasteiger partial charge in [0, 0.05) is 18.6 Å². The molecular weight excluding hydrogens is 261 g/mol. The molecule has 0 aromatic heterocycles. The lowest BCUT2D eigenvalue weighted by Crippen LogP contribution is -2.43. The molecule has 0 amide bonds. The smallest absolute Gasteiger partial charge is 0.381 e. The summed E-state index contributed by atoms with van der Waals surface area (Å²) in [6, 6.07) is -0.281. The van der Waals surface area contributed by atoms with Crippen LogP contribution in [0.15, 0.2) is 0 Å². The number of hydrogen-bond donors (Lipinski definition) is 1. The first-order valence-electron chi connectivity index (χ1n) is 5.55. The van der Waals surface area contributed by atoms with Crippen molar-refractivity contribution in [3.8, 4) is 0 Å². The molecule has 1 heterocycles. The molecule has 0 spiro atoms. The Balaban J connectivity index is 2.35. The fourth-order valence-electron chi connectivity index (χ4n) is 1.72. The molecule has 1 N–H and O–H groups in total.